The van der Waals surface area contributed by atoms with Crippen molar-refractivity contribution in [2.45, 2.75) is 112 Å². The van der Waals surface area contributed by atoms with Gasteiger partial charge in [-0.05, 0) is 125 Å². The van der Waals surface area contributed by atoms with Crippen molar-refractivity contribution in [1.29, 1.82) is 0 Å². The zero-order chi connectivity index (χ0) is 27.9. The normalized spacial score (nSPS) is 28.4. The van der Waals surface area contributed by atoms with Gasteiger partial charge in [0.2, 0.25) is 0 Å². The van der Waals surface area contributed by atoms with Crippen LogP contribution < -0.4 is 0 Å². The highest BCUT2D eigenvalue weighted by Gasteiger charge is 2.46. The molecule has 2 unspecified atom stereocenters. The van der Waals surface area contributed by atoms with Crippen LogP contribution in [0.4, 0.5) is 4.39 Å². The van der Waals surface area contributed by atoms with Crippen LogP contribution in [0.2, 0.25) is 0 Å². The van der Waals surface area contributed by atoms with Crippen molar-refractivity contribution < 1.29 is 12.8 Å². The molecule has 0 radical (unpaired) electrons. The number of aromatic nitrogens is 2. The zero-order valence-electron chi connectivity index (χ0n) is 24.0. The maximum Gasteiger partial charge on any atom is 0.175 e. The molecule has 1 aromatic heterocycles. The molecule has 5 aliphatic rings. The lowest BCUT2D eigenvalue weighted by molar-refractivity contribution is -0.000826. The van der Waals surface area contributed by atoms with Crippen LogP contribution >= 0.6 is 0 Å². The van der Waals surface area contributed by atoms with E-state index in [1.165, 1.54) is 51.2 Å². The van der Waals surface area contributed by atoms with E-state index in [2.05, 4.69) is 20.4 Å². The lowest BCUT2D eigenvalue weighted by Gasteiger charge is -2.50. The smallest absolute Gasteiger partial charge is 0.175 e. The number of halogens is 1. The van der Waals surface area contributed by atoms with Crippen molar-refractivity contribution in [3.8, 4) is 11.4 Å². The second-order valence-corrected chi connectivity index (χ2v) is 15.6. The van der Waals surface area contributed by atoms with Crippen molar-refractivity contribution in [3.05, 3.63) is 47.8 Å². The number of piperidine rings is 2. The van der Waals surface area contributed by atoms with Crippen LogP contribution in [0, 0.1) is 5.82 Å². The minimum Gasteiger partial charge on any atom is -0.321 e. The molecular weight excluding hydrogens is 535 g/mol. The summed E-state index contributed by atoms with van der Waals surface area (Å²) in [6.07, 6.45) is 15.2. The van der Waals surface area contributed by atoms with Gasteiger partial charge < -0.3 is 9.47 Å². The number of imidazole rings is 1. The van der Waals surface area contributed by atoms with Crippen molar-refractivity contribution in [1.82, 2.24) is 19.4 Å². The average Bonchev–Trinajstić information content (AvgIpc) is 3.65. The van der Waals surface area contributed by atoms with Gasteiger partial charge in [-0.15, -0.1) is 0 Å². The minimum absolute atomic E-state index is 0.242. The van der Waals surface area contributed by atoms with Crippen molar-refractivity contribution in [2.75, 3.05) is 19.3 Å². The van der Waals surface area contributed by atoms with Crippen LogP contribution in [-0.4, -0.2) is 71.3 Å². The van der Waals surface area contributed by atoms with Crippen LogP contribution in [0.3, 0.4) is 0 Å². The summed E-state index contributed by atoms with van der Waals surface area (Å²) < 4.78 is 41.8. The van der Waals surface area contributed by atoms with Crippen LogP contribution in [0.5, 0.6) is 0 Å². The quantitative estimate of drug-likeness (QED) is 0.344. The average molecular weight is 577 g/mol. The number of rotatable bonds is 6. The Morgan fingerprint density at radius 3 is 2.05 bits per heavy atom. The third-order valence-electron chi connectivity index (χ3n) is 11.0. The van der Waals surface area contributed by atoms with E-state index < -0.39 is 9.84 Å². The van der Waals surface area contributed by atoms with Gasteiger partial charge in [-0.25, -0.2) is 17.8 Å². The number of benzene rings is 2. The molecular formula is C33H41FN4O2S. The van der Waals surface area contributed by atoms with E-state index in [1.807, 2.05) is 0 Å². The molecule has 2 saturated carbocycles. The van der Waals surface area contributed by atoms with Gasteiger partial charge >= 0.3 is 0 Å². The maximum atomic E-state index is 15.6. The minimum atomic E-state index is -3.28. The molecule has 0 spiro atoms. The summed E-state index contributed by atoms with van der Waals surface area (Å²) in [5, 5.41) is 0. The molecule has 2 aromatic carbocycles. The zero-order valence-corrected chi connectivity index (χ0v) is 24.8. The van der Waals surface area contributed by atoms with E-state index in [1.54, 1.807) is 30.3 Å². The molecule has 2 aliphatic carbocycles. The molecule has 41 heavy (non-hydrogen) atoms. The number of hydrogen-bond acceptors (Lipinski definition) is 5. The molecule has 8 heteroatoms. The van der Waals surface area contributed by atoms with Gasteiger partial charge in [0.05, 0.1) is 10.4 Å². The molecule has 5 fully saturated rings. The number of fused-ring (bicyclic) bond motifs is 3. The van der Waals surface area contributed by atoms with Gasteiger partial charge in [0.15, 0.2) is 15.7 Å². The number of nitrogens with zero attached hydrogens (tertiary/aromatic N) is 4. The van der Waals surface area contributed by atoms with Gasteiger partial charge in [0, 0.05) is 42.0 Å². The summed E-state index contributed by atoms with van der Waals surface area (Å²) in [4.78, 5) is 10.7. The Bertz CT molecular complexity index is 1550. The molecule has 2 bridgehead atoms. The summed E-state index contributed by atoms with van der Waals surface area (Å²) in [6, 6.07) is 14.3. The first-order chi connectivity index (χ1) is 19.8. The van der Waals surface area contributed by atoms with Gasteiger partial charge in [0.25, 0.3) is 0 Å². The number of hydrogen-bond donors (Lipinski definition) is 0. The molecule has 3 aliphatic heterocycles. The molecule has 0 N–H and O–H groups in total. The van der Waals surface area contributed by atoms with E-state index in [9.17, 15) is 8.42 Å². The highest BCUT2D eigenvalue weighted by Crippen LogP contribution is 2.45. The summed E-state index contributed by atoms with van der Waals surface area (Å²) in [5.74, 6) is 0.863. The van der Waals surface area contributed by atoms with Crippen LogP contribution in [0.15, 0.2) is 41.3 Å². The van der Waals surface area contributed by atoms with Gasteiger partial charge in [0.1, 0.15) is 11.3 Å². The van der Waals surface area contributed by atoms with Crippen molar-refractivity contribution in [3.63, 3.8) is 0 Å². The van der Waals surface area contributed by atoms with Crippen molar-refractivity contribution >= 4 is 20.9 Å². The molecule has 2 atom stereocenters. The lowest BCUT2D eigenvalue weighted by Crippen LogP contribution is -2.56. The summed E-state index contributed by atoms with van der Waals surface area (Å²) in [7, 11) is -3.28. The van der Waals surface area contributed by atoms with E-state index in [-0.39, 0.29) is 10.7 Å². The molecule has 8 rings (SSSR count). The Morgan fingerprint density at radius 1 is 0.805 bits per heavy atom. The standard InChI is InChI=1S/C33H41FN4O2S/c1-41(39,40)29-11-5-22(6-12-29)33-35-32-30(34)17-23(18-31(32)38(33)25-7-8-25)21-13-15-36(16-14-21)28-19-26-9-10-27(20-28)37(26)24-3-2-4-24/h5-6,11-12,17-18,21,24-28H,2-4,7-10,13-16,19-20H2,1H3. The summed E-state index contributed by atoms with van der Waals surface area (Å²) in [6.45, 7) is 2.22. The van der Waals surface area contributed by atoms with Gasteiger partial charge in [-0.2, -0.15) is 0 Å². The Labute approximate surface area is 242 Å². The van der Waals surface area contributed by atoms with E-state index >= 15 is 4.39 Å². The lowest BCUT2D eigenvalue weighted by atomic mass is 9.84. The summed E-state index contributed by atoms with van der Waals surface area (Å²) in [5.41, 5.74) is 3.24. The maximum absolute atomic E-state index is 15.6. The highest BCUT2D eigenvalue weighted by molar-refractivity contribution is 7.90. The number of sulfone groups is 1. The van der Waals surface area contributed by atoms with Gasteiger partial charge in [-0.3, -0.25) is 4.90 Å². The SMILES string of the molecule is CS(=O)(=O)c1ccc(-c2nc3c(F)cc(C4CCN(C5CC6CCC(C5)N6C5CCC5)CC4)cc3n2C2CC2)cc1. The predicted molar refractivity (Wildman–Crippen MR) is 159 cm³/mol. The summed E-state index contributed by atoms with van der Waals surface area (Å²) >= 11 is 0. The molecule has 6 nitrogen and oxygen atoms in total. The topological polar surface area (TPSA) is 58.4 Å². The van der Waals surface area contributed by atoms with E-state index in [0.717, 1.165) is 85.4 Å². The molecule has 3 aromatic rings. The van der Waals surface area contributed by atoms with Crippen LogP contribution in [0.1, 0.15) is 88.2 Å². The first-order valence-corrected chi connectivity index (χ1v) is 17.8. The first-order valence-electron chi connectivity index (χ1n) is 15.9. The Kier molecular flexibility index (Phi) is 6.35. The Hall–Kier alpha value is -2.29. The molecule has 3 saturated heterocycles. The molecule has 218 valence electrons. The van der Waals surface area contributed by atoms with Crippen LogP contribution in [-0.2, 0) is 9.84 Å². The Morgan fingerprint density at radius 2 is 1.46 bits per heavy atom. The largest absolute Gasteiger partial charge is 0.321 e. The monoisotopic (exact) mass is 576 g/mol. The number of likely N-dealkylation sites (tertiary alicyclic amines) is 1. The van der Waals surface area contributed by atoms with E-state index in [0.29, 0.717) is 17.5 Å². The van der Waals surface area contributed by atoms with Crippen molar-refractivity contribution in [2.24, 2.45) is 0 Å². The fourth-order valence-electron chi connectivity index (χ4n) is 8.53. The second kappa shape index (κ2) is 9.88. The third-order valence-corrected chi connectivity index (χ3v) is 12.1. The van der Waals surface area contributed by atoms with Crippen LogP contribution in [0.25, 0.3) is 22.4 Å². The third kappa shape index (κ3) is 4.65. The highest BCUT2D eigenvalue weighted by atomic mass is 32.2. The van der Waals surface area contributed by atoms with Gasteiger partial charge in [-0.1, -0.05) is 6.42 Å². The first kappa shape index (κ1) is 26.3. The molecule has 0 amide bonds. The van der Waals surface area contributed by atoms with E-state index in [4.69, 9.17) is 4.98 Å². The predicted octanol–water partition coefficient (Wildman–Crippen LogP) is 6.31. The fourth-order valence-corrected chi connectivity index (χ4v) is 9.16. The second-order valence-electron chi connectivity index (χ2n) is 13.6. The Balaban J connectivity index is 1.02. The molecule has 4 heterocycles. The fraction of sp³-hybridized carbons (Fsp3) is 0.606.